The number of aromatic nitrogens is 1. The number of hydrogen-bond donors (Lipinski definition) is 1. The highest BCUT2D eigenvalue weighted by Gasteiger charge is 1.95. The number of hydrogen-bond acceptors (Lipinski definition) is 2. The van der Waals surface area contributed by atoms with Crippen LogP contribution in [0.5, 0.6) is 5.75 Å². The molecule has 0 bridgehead atoms. The predicted octanol–water partition coefficient (Wildman–Crippen LogP) is 1.66. The molecular weight excluding hydrogens is 126 g/mol. The smallest absolute Gasteiger partial charge is 0.136 e. The van der Waals surface area contributed by atoms with Crippen LogP contribution in [0, 0.1) is 6.92 Å². The zero-order chi connectivity index (χ0) is 7.56. The molecule has 0 unspecified atom stereocenters. The summed E-state index contributed by atoms with van der Waals surface area (Å²) >= 11 is 0. The molecule has 1 heterocycles. The van der Waals surface area contributed by atoms with Gasteiger partial charge >= 0.3 is 0 Å². The predicted molar refractivity (Wildman–Crippen MR) is 40.0 cm³/mol. The average molecular weight is 137 g/mol. The molecule has 1 aromatic heterocycles. The van der Waals surface area contributed by atoms with E-state index in [-0.39, 0.29) is 5.75 Å². The zero-order valence-corrected chi connectivity index (χ0v) is 6.26. The Kier molecular flexibility index (Phi) is 1.90. The average Bonchev–Trinajstić information content (AvgIpc) is 1.95. The lowest BCUT2D eigenvalue weighted by Gasteiger charge is -1.98. The molecule has 54 valence electrons. The number of pyridine rings is 1. The Hall–Kier alpha value is -1.05. The van der Waals surface area contributed by atoms with Crippen molar-refractivity contribution in [2.45, 2.75) is 20.3 Å². The van der Waals surface area contributed by atoms with Crippen LogP contribution in [0.25, 0.3) is 0 Å². The van der Waals surface area contributed by atoms with Gasteiger partial charge in [-0.15, -0.1) is 0 Å². The Balaban J connectivity index is 3.04. The molecule has 2 nitrogen and oxygen atoms in total. The fourth-order valence-electron chi connectivity index (χ4n) is 0.800. The fourth-order valence-corrected chi connectivity index (χ4v) is 0.800. The Labute approximate surface area is 60.5 Å². The molecule has 2 heteroatoms. The van der Waals surface area contributed by atoms with Crippen molar-refractivity contribution in [1.82, 2.24) is 4.98 Å². The van der Waals surface area contributed by atoms with Gasteiger partial charge in [-0.1, -0.05) is 6.92 Å². The second-order valence-electron chi connectivity index (χ2n) is 2.32. The topological polar surface area (TPSA) is 33.1 Å². The van der Waals surface area contributed by atoms with E-state index in [1.165, 1.54) is 6.20 Å². The number of aromatic hydroxyl groups is 1. The van der Waals surface area contributed by atoms with E-state index in [1.54, 1.807) is 0 Å². The number of nitrogens with zero attached hydrogens (tertiary/aromatic N) is 1. The van der Waals surface area contributed by atoms with Crippen molar-refractivity contribution in [3.63, 3.8) is 0 Å². The Morgan fingerprint density at radius 3 is 2.80 bits per heavy atom. The van der Waals surface area contributed by atoms with Gasteiger partial charge in [0, 0.05) is 5.69 Å². The minimum atomic E-state index is 0.275. The van der Waals surface area contributed by atoms with Crippen molar-refractivity contribution >= 4 is 0 Å². The quantitative estimate of drug-likeness (QED) is 0.638. The number of aryl methyl sites for hydroxylation is 2. The van der Waals surface area contributed by atoms with E-state index < -0.39 is 0 Å². The van der Waals surface area contributed by atoms with Gasteiger partial charge in [0.2, 0.25) is 0 Å². The fraction of sp³-hybridized carbons (Fsp3) is 0.375. The minimum absolute atomic E-state index is 0.275. The van der Waals surface area contributed by atoms with Crippen LogP contribution in [-0.2, 0) is 6.42 Å². The molecule has 10 heavy (non-hydrogen) atoms. The maximum Gasteiger partial charge on any atom is 0.136 e. The van der Waals surface area contributed by atoms with Crippen molar-refractivity contribution < 1.29 is 5.11 Å². The Bertz CT molecular complexity index is 233. The maximum absolute atomic E-state index is 9.08. The van der Waals surface area contributed by atoms with Crippen molar-refractivity contribution in [3.05, 3.63) is 23.5 Å². The lowest BCUT2D eigenvalue weighted by Crippen LogP contribution is -1.86. The van der Waals surface area contributed by atoms with Crippen molar-refractivity contribution in [2.24, 2.45) is 0 Å². The van der Waals surface area contributed by atoms with Crippen LogP contribution in [0.1, 0.15) is 18.2 Å². The Morgan fingerprint density at radius 2 is 2.30 bits per heavy atom. The van der Waals surface area contributed by atoms with E-state index in [2.05, 4.69) is 4.98 Å². The van der Waals surface area contributed by atoms with Gasteiger partial charge in [0.15, 0.2) is 0 Å². The third-order valence-corrected chi connectivity index (χ3v) is 1.50. The Morgan fingerprint density at radius 1 is 1.60 bits per heavy atom. The standard InChI is InChI=1S/C8H11NO/c1-3-7-4-6(2)8(10)5-9-7/h4-5,10H,3H2,1-2H3. The lowest BCUT2D eigenvalue weighted by atomic mass is 10.2. The second-order valence-corrected chi connectivity index (χ2v) is 2.32. The van der Waals surface area contributed by atoms with E-state index >= 15 is 0 Å². The van der Waals surface area contributed by atoms with Crippen LogP contribution in [0.4, 0.5) is 0 Å². The van der Waals surface area contributed by atoms with Crippen molar-refractivity contribution in [2.75, 3.05) is 0 Å². The molecule has 1 rings (SSSR count). The molecule has 0 aliphatic rings. The summed E-state index contributed by atoms with van der Waals surface area (Å²) in [6, 6.07) is 1.90. The molecule has 0 amide bonds. The molecule has 0 radical (unpaired) electrons. The highest BCUT2D eigenvalue weighted by molar-refractivity contribution is 5.29. The molecule has 0 saturated carbocycles. The van der Waals surface area contributed by atoms with Crippen LogP contribution in [0.2, 0.25) is 0 Å². The van der Waals surface area contributed by atoms with Crippen LogP contribution in [0.3, 0.4) is 0 Å². The summed E-state index contributed by atoms with van der Waals surface area (Å²) in [6.07, 6.45) is 2.41. The molecule has 1 aromatic rings. The van der Waals surface area contributed by atoms with Gasteiger partial charge < -0.3 is 5.11 Å². The summed E-state index contributed by atoms with van der Waals surface area (Å²) in [7, 11) is 0. The summed E-state index contributed by atoms with van der Waals surface area (Å²) in [4.78, 5) is 4.01. The van der Waals surface area contributed by atoms with Crippen LogP contribution >= 0.6 is 0 Å². The summed E-state index contributed by atoms with van der Waals surface area (Å²) in [5, 5.41) is 9.08. The van der Waals surface area contributed by atoms with Gasteiger partial charge in [-0.2, -0.15) is 0 Å². The minimum Gasteiger partial charge on any atom is -0.506 e. The van der Waals surface area contributed by atoms with Crippen molar-refractivity contribution in [1.29, 1.82) is 0 Å². The van der Waals surface area contributed by atoms with E-state index in [1.807, 2.05) is 19.9 Å². The first-order chi connectivity index (χ1) is 4.74. The molecule has 1 N–H and O–H groups in total. The van der Waals surface area contributed by atoms with Gasteiger partial charge in [0.1, 0.15) is 5.75 Å². The van der Waals surface area contributed by atoms with Crippen molar-refractivity contribution in [3.8, 4) is 5.75 Å². The SMILES string of the molecule is CCc1cc(C)c(O)cn1. The van der Waals surface area contributed by atoms with Gasteiger partial charge in [-0.05, 0) is 25.0 Å². The summed E-state index contributed by atoms with van der Waals surface area (Å²) in [5.41, 5.74) is 1.92. The summed E-state index contributed by atoms with van der Waals surface area (Å²) < 4.78 is 0. The molecule has 0 fully saturated rings. The van der Waals surface area contributed by atoms with Crippen LogP contribution < -0.4 is 0 Å². The number of rotatable bonds is 1. The molecule has 0 aromatic carbocycles. The van der Waals surface area contributed by atoms with E-state index in [4.69, 9.17) is 5.11 Å². The first kappa shape index (κ1) is 7.06. The molecule has 0 saturated heterocycles. The summed E-state index contributed by atoms with van der Waals surface area (Å²) in [6.45, 7) is 3.91. The van der Waals surface area contributed by atoms with E-state index in [9.17, 15) is 0 Å². The first-order valence-electron chi connectivity index (χ1n) is 3.38. The first-order valence-corrected chi connectivity index (χ1v) is 3.38. The van der Waals surface area contributed by atoms with Gasteiger partial charge in [0.05, 0.1) is 6.20 Å². The highest BCUT2D eigenvalue weighted by Crippen LogP contribution is 2.13. The second kappa shape index (κ2) is 2.69. The van der Waals surface area contributed by atoms with E-state index in [0.717, 1.165) is 17.7 Å². The van der Waals surface area contributed by atoms with Gasteiger partial charge in [0.25, 0.3) is 0 Å². The van der Waals surface area contributed by atoms with E-state index in [0.29, 0.717) is 0 Å². The van der Waals surface area contributed by atoms with Crippen LogP contribution in [-0.4, -0.2) is 10.1 Å². The highest BCUT2D eigenvalue weighted by atomic mass is 16.3. The third kappa shape index (κ3) is 1.26. The molecule has 0 spiro atoms. The largest absolute Gasteiger partial charge is 0.506 e. The lowest BCUT2D eigenvalue weighted by molar-refractivity contribution is 0.468. The van der Waals surface area contributed by atoms with Crippen LogP contribution in [0.15, 0.2) is 12.3 Å². The normalized spacial score (nSPS) is 9.80. The maximum atomic E-state index is 9.08. The molecular formula is C8H11NO. The summed E-state index contributed by atoms with van der Waals surface area (Å²) in [5.74, 6) is 0.275. The third-order valence-electron chi connectivity index (χ3n) is 1.50. The van der Waals surface area contributed by atoms with Gasteiger partial charge in [-0.3, -0.25) is 4.98 Å². The molecule has 0 aliphatic carbocycles. The molecule has 0 aliphatic heterocycles. The van der Waals surface area contributed by atoms with Gasteiger partial charge in [-0.25, -0.2) is 0 Å². The zero-order valence-electron chi connectivity index (χ0n) is 6.26. The molecule has 0 atom stereocenters. The monoisotopic (exact) mass is 137 g/mol.